The zero-order valence-electron chi connectivity index (χ0n) is 12.5. The number of halogens is 2. The number of hydrogen-bond donors (Lipinski definition) is 1. The lowest BCUT2D eigenvalue weighted by Crippen LogP contribution is -2.48. The molecule has 1 saturated heterocycles. The molecule has 2 fully saturated rings. The molecule has 0 bridgehead atoms. The van der Waals surface area contributed by atoms with E-state index in [1.165, 1.54) is 12.5 Å². The average Bonchev–Trinajstić information content (AvgIpc) is 2.44. The summed E-state index contributed by atoms with van der Waals surface area (Å²) in [7, 11) is 0. The Balaban J connectivity index is 1.83. The summed E-state index contributed by atoms with van der Waals surface area (Å²) in [5, 5.41) is 3.93. The molecule has 1 N–H and O–H groups in total. The molecule has 2 atom stereocenters. The van der Waals surface area contributed by atoms with Crippen LogP contribution in [0.15, 0.2) is 18.2 Å². The first-order chi connectivity index (χ1) is 10.1. The van der Waals surface area contributed by atoms with Gasteiger partial charge in [-0.05, 0) is 56.7 Å². The van der Waals surface area contributed by atoms with Gasteiger partial charge in [0.15, 0.2) is 0 Å². The van der Waals surface area contributed by atoms with Crippen LogP contribution in [0.1, 0.15) is 50.6 Å². The minimum atomic E-state index is -0.206. The third kappa shape index (κ3) is 3.10. The van der Waals surface area contributed by atoms with Crippen LogP contribution in [0.4, 0.5) is 4.39 Å². The molecule has 1 aliphatic carbocycles. The molecule has 2 aliphatic rings. The summed E-state index contributed by atoms with van der Waals surface area (Å²) >= 11 is 5.88. The van der Waals surface area contributed by atoms with Crippen molar-refractivity contribution in [2.24, 2.45) is 5.92 Å². The second-order valence-electron chi connectivity index (χ2n) is 6.34. The van der Waals surface area contributed by atoms with Gasteiger partial charge in [0.1, 0.15) is 5.82 Å². The molecule has 4 heteroatoms. The highest BCUT2D eigenvalue weighted by molar-refractivity contribution is 6.30. The van der Waals surface area contributed by atoms with E-state index >= 15 is 0 Å². The molecule has 1 aromatic carbocycles. The summed E-state index contributed by atoms with van der Waals surface area (Å²) in [6.45, 7) is 3.69. The maximum absolute atomic E-state index is 14.3. The summed E-state index contributed by atoms with van der Waals surface area (Å²) in [4.78, 5) is 0. The van der Waals surface area contributed by atoms with Crippen molar-refractivity contribution in [3.63, 3.8) is 0 Å². The smallest absolute Gasteiger partial charge is 0.129 e. The van der Waals surface area contributed by atoms with Gasteiger partial charge in [-0.3, -0.25) is 0 Å². The topological polar surface area (TPSA) is 21.3 Å². The van der Waals surface area contributed by atoms with E-state index in [1.807, 2.05) is 6.07 Å². The normalized spacial score (nSPS) is 25.6. The number of hydrogen-bond acceptors (Lipinski definition) is 2. The maximum atomic E-state index is 14.3. The van der Waals surface area contributed by atoms with Gasteiger partial charge in [0.25, 0.3) is 0 Å². The van der Waals surface area contributed by atoms with Crippen molar-refractivity contribution in [3.05, 3.63) is 34.6 Å². The van der Waals surface area contributed by atoms with E-state index in [9.17, 15) is 4.39 Å². The SMILES string of the molecule is CCNC(c1ccc(Cl)cc1F)C1CCOC2(CCC2)C1. The lowest BCUT2D eigenvalue weighted by Gasteiger charge is -2.49. The first-order valence-corrected chi connectivity index (χ1v) is 8.34. The Bertz CT molecular complexity index is 504. The van der Waals surface area contributed by atoms with Crippen molar-refractivity contribution >= 4 is 11.6 Å². The summed E-state index contributed by atoms with van der Waals surface area (Å²) in [5.74, 6) is 0.220. The van der Waals surface area contributed by atoms with E-state index in [1.54, 1.807) is 6.07 Å². The highest BCUT2D eigenvalue weighted by Crippen LogP contribution is 2.47. The largest absolute Gasteiger partial charge is 0.375 e. The molecule has 2 unspecified atom stereocenters. The third-order valence-corrected chi connectivity index (χ3v) is 5.22. The van der Waals surface area contributed by atoms with Crippen molar-refractivity contribution in [1.82, 2.24) is 5.32 Å². The van der Waals surface area contributed by atoms with E-state index in [0.717, 1.165) is 44.4 Å². The molecule has 2 nitrogen and oxygen atoms in total. The maximum Gasteiger partial charge on any atom is 0.129 e. The first kappa shape index (κ1) is 15.3. The lowest BCUT2D eigenvalue weighted by atomic mass is 9.69. The Morgan fingerprint density at radius 3 is 2.90 bits per heavy atom. The fourth-order valence-corrected chi connectivity index (χ4v) is 3.93. The number of ether oxygens (including phenoxy) is 1. The van der Waals surface area contributed by atoms with Gasteiger partial charge in [-0.15, -0.1) is 0 Å². The van der Waals surface area contributed by atoms with Crippen LogP contribution >= 0.6 is 11.6 Å². The number of rotatable bonds is 4. The van der Waals surface area contributed by atoms with E-state index in [-0.39, 0.29) is 17.5 Å². The van der Waals surface area contributed by atoms with Gasteiger partial charge in [-0.2, -0.15) is 0 Å². The predicted molar refractivity (Wildman–Crippen MR) is 83.1 cm³/mol. The van der Waals surface area contributed by atoms with Gasteiger partial charge >= 0.3 is 0 Å². The van der Waals surface area contributed by atoms with Crippen LogP contribution in [-0.2, 0) is 4.74 Å². The fraction of sp³-hybridized carbons (Fsp3) is 0.647. The van der Waals surface area contributed by atoms with Crippen LogP contribution in [0.2, 0.25) is 5.02 Å². The molecule has 1 saturated carbocycles. The lowest BCUT2D eigenvalue weighted by molar-refractivity contribution is -0.147. The van der Waals surface area contributed by atoms with E-state index in [2.05, 4.69) is 12.2 Å². The van der Waals surface area contributed by atoms with E-state index < -0.39 is 0 Å². The molecule has 1 aliphatic heterocycles. The Hall–Kier alpha value is -0.640. The Morgan fingerprint density at radius 2 is 2.29 bits per heavy atom. The molecular formula is C17H23ClFNO. The van der Waals surface area contributed by atoms with Crippen LogP contribution in [0, 0.1) is 11.7 Å². The highest BCUT2D eigenvalue weighted by atomic mass is 35.5. The predicted octanol–water partition coefficient (Wildman–Crippen LogP) is 4.48. The van der Waals surface area contributed by atoms with E-state index in [4.69, 9.17) is 16.3 Å². The summed E-state index contributed by atoms with van der Waals surface area (Å²) in [6, 6.07) is 5.07. The third-order valence-electron chi connectivity index (χ3n) is 4.99. The van der Waals surface area contributed by atoms with Crippen molar-refractivity contribution in [2.75, 3.05) is 13.2 Å². The zero-order valence-corrected chi connectivity index (χ0v) is 13.3. The van der Waals surface area contributed by atoms with Crippen LogP contribution in [0.5, 0.6) is 0 Å². The Labute approximate surface area is 131 Å². The molecule has 116 valence electrons. The minimum Gasteiger partial charge on any atom is -0.375 e. The molecule has 0 aromatic heterocycles. The molecular weight excluding hydrogens is 289 g/mol. The summed E-state index contributed by atoms with van der Waals surface area (Å²) < 4.78 is 20.3. The van der Waals surface area contributed by atoms with Gasteiger partial charge < -0.3 is 10.1 Å². The number of nitrogens with one attached hydrogen (secondary N) is 1. The summed E-state index contributed by atoms with van der Waals surface area (Å²) in [6.07, 6.45) is 5.60. The quantitative estimate of drug-likeness (QED) is 0.885. The van der Waals surface area contributed by atoms with Crippen LogP contribution in [0.3, 0.4) is 0 Å². The number of benzene rings is 1. The molecule has 1 spiro atoms. The van der Waals surface area contributed by atoms with Crippen LogP contribution in [-0.4, -0.2) is 18.8 Å². The van der Waals surface area contributed by atoms with E-state index in [0.29, 0.717) is 10.9 Å². The van der Waals surface area contributed by atoms with Gasteiger partial charge in [-0.25, -0.2) is 4.39 Å². The van der Waals surface area contributed by atoms with Gasteiger partial charge in [0.2, 0.25) is 0 Å². The van der Waals surface area contributed by atoms with Crippen molar-refractivity contribution < 1.29 is 9.13 Å². The van der Waals surface area contributed by atoms with Gasteiger partial charge in [0.05, 0.1) is 5.60 Å². The Morgan fingerprint density at radius 1 is 1.48 bits per heavy atom. The fourth-order valence-electron chi connectivity index (χ4n) is 3.77. The molecule has 0 amide bonds. The monoisotopic (exact) mass is 311 g/mol. The van der Waals surface area contributed by atoms with Crippen LogP contribution < -0.4 is 5.32 Å². The zero-order chi connectivity index (χ0) is 14.9. The molecule has 1 aromatic rings. The molecule has 3 rings (SSSR count). The van der Waals surface area contributed by atoms with Crippen LogP contribution in [0.25, 0.3) is 0 Å². The molecule has 0 radical (unpaired) electrons. The minimum absolute atomic E-state index is 0.0497. The highest BCUT2D eigenvalue weighted by Gasteiger charge is 2.44. The Kier molecular flexibility index (Phi) is 4.53. The second kappa shape index (κ2) is 6.23. The van der Waals surface area contributed by atoms with Crippen molar-refractivity contribution in [2.45, 2.75) is 50.7 Å². The summed E-state index contributed by atoms with van der Waals surface area (Å²) in [5.41, 5.74) is 0.821. The first-order valence-electron chi connectivity index (χ1n) is 7.96. The molecule has 21 heavy (non-hydrogen) atoms. The van der Waals surface area contributed by atoms with Gasteiger partial charge in [0, 0.05) is 23.2 Å². The second-order valence-corrected chi connectivity index (χ2v) is 6.78. The molecule has 1 heterocycles. The standard InChI is InChI=1S/C17H23ClFNO/c1-2-20-16(14-5-4-13(18)10-15(14)19)12-6-9-21-17(11-12)7-3-8-17/h4-5,10,12,16,20H,2-3,6-9,11H2,1H3. The van der Waals surface area contributed by atoms with Gasteiger partial charge in [-0.1, -0.05) is 24.6 Å². The van der Waals surface area contributed by atoms with Crippen molar-refractivity contribution in [3.8, 4) is 0 Å². The van der Waals surface area contributed by atoms with Crippen molar-refractivity contribution in [1.29, 1.82) is 0 Å². The average molecular weight is 312 g/mol.